The number of ether oxygens (including phenoxy) is 1. The van der Waals surface area contributed by atoms with Crippen LogP contribution < -0.4 is 4.90 Å². The molecule has 0 unspecified atom stereocenters. The van der Waals surface area contributed by atoms with E-state index in [0.717, 1.165) is 0 Å². The van der Waals surface area contributed by atoms with E-state index in [1.807, 2.05) is 13.8 Å². The number of carbonyl (C=O) groups excluding carboxylic acids is 1. The van der Waals surface area contributed by atoms with Gasteiger partial charge in [0.05, 0.1) is 11.2 Å². The van der Waals surface area contributed by atoms with E-state index in [0.29, 0.717) is 12.3 Å². The molecule has 0 bridgehead atoms. The average molecular weight is 207 g/mol. The maximum Gasteiger partial charge on any atom is 0.415 e. The minimum absolute atomic E-state index is 0.0874. The molecule has 15 heavy (non-hydrogen) atoms. The summed E-state index contributed by atoms with van der Waals surface area (Å²) in [5.74, 6) is 0.0874. The summed E-state index contributed by atoms with van der Waals surface area (Å²) < 4.78 is 4.97. The molecule has 80 valence electrons. The van der Waals surface area contributed by atoms with E-state index >= 15 is 0 Å². The van der Waals surface area contributed by atoms with Gasteiger partial charge in [0, 0.05) is 0 Å². The van der Waals surface area contributed by atoms with E-state index in [9.17, 15) is 9.90 Å². The van der Waals surface area contributed by atoms with Crippen molar-refractivity contribution in [2.75, 3.05) is 11.5 Å². The van der Waals surface area contributed by atoms with Crippen molar-refractivity contribution >= 4 is 11.8 Å². The number of cyclic esters (lactones) is 1. The summed E-state index contributed by atoms with van der Waals surface area (Å²) in [6, 6.07) is 6.74. The Morgan fingerprint density at radius 3 is 2.60 bits per heavy atom. The standard InChI is InChI=1S/C11H13NO3/c1-11(2)7-15-10(14)12(11)8-5-3-4-6-9(8)13/h3-6,13H,7H2,1-2H3. The van der Waals surface area contributed by atoms with E-state index in [2.05, 4.69) is 0 Å². The van der Waals surface area contributed by atoms with E-state index in [4.69, 9.17) is 4.74 Å². The smallest absolute Gasteiger partial charge is 0.415 e. The van der Waals surface area contributed by atoms with Gasteiger partial charge in [-0.3, -0.25) is 4.90 Å². The summed E-state index contributed by atoms with van der Waals surface area (Å²) in [4.78, 5) is 13.0. The maximum absolute atomic E-state index is 11.5. The highest BCUT2D eigenvalue weighted by Gasteiger charge is 2.41. The van der Waals surface area contributed by atoms with Crippen LogP contribution in [0.2, 0.25) is 0 Å². The summed E-state index contributed by atoms with van der Waals surface area (Å²) in [5.41, 5.74) is 0.0700. The van der Waals surface area contributed by atoms with Crippen molar-refractivity contribution < 1.29 is 14.6 Å². The number of para-hydroxylation sites is 2. The number of aromatic hydroxyl groups is 1. The molecule has 1 aromatic carbocycles. The minimum atomic E-state index is -0.421. The number of anilines is 1. The second kappa shape index (κ2) is 3.15. The predicted octanol–water partition coefficient (Wildman–Crippen LogP) is 2.13. The van der Waals surface area contributed by atoms with Crippen LogP contribution in [0.15, 0.2) is 24.3 Å². The Labute approximate surface area is 88.1 Å². The second-order valence-corrected chi connectivity index (χ2v) is 4.19. The quantitative estimate of drug-likeness (QED) is 0.767. The molecule has 0 spiro atoms. The summed E-state index contributed by atoms with van der Waals surface area (Å²) >= 11 is 0. The number of hydrogen-bond acceptors (Lipinski definition) is 3. The SMILES string of the molecule is CC1(C)COC(=O)N1c1ccccc1O. The van der Waals surface area contributed by atoms with E-state index in [1.165, 1.54) is 4.90 Å². The van der Waals surface area contributed by atoms with Gasteiger partial charge in [0.25, 0.3) is 0 Å². The van der Waals surface area contributed by atoms with Crippen molar-refractivity contribution in [1.82, 2.24) is 0 Å². The zero-order valence-electron chi connectivity index (χ0n) is 8.73. The lowest BCUT2D eigenvalue weighted by molar-refractivity contribution is 0.175. The number of rotatable bonds is 1. The van der Waals surface area contributed by atoms with Gasteiger partial charge in [-0.15, -0.1) is 0 Å². The molecule has 2 rings (SSSR count). The Bertz CT molecular complexity index is 401. The molecule has 0 aliphatic carbocycles. The lowest BCUT2D eigenvalue weighted by Crippen LogP contribution is -2.42. The molecule has 4 heteroatoms. The topological polar surface area (TPSA) is 49.8 Å². The monoisotopic (exact) mass is 207 g/mol. The molecule has 1 N–H and O–H groups in total. The molecule has 1 aliphatic rings. The van der Waals surface area contributed by atoms with Crippen molar-refractivity contribution in [3.63, 3.8) is 0 Å². The molecule has 1 aliphatic heterocycles. The lowest BCUT2D eigenvalue weighted by atomic mass is 10.1. The number of amides is 1. The summed E-state index contributed by atoms with van der Waals surface area (Å²) in [7, 11) is 0. The number of nitrogens with zero attached hydrogens (tertiary/aromatic N) is 1. The molecule has 0 atom stereocenters. The first-order chi connectivity index (χ1) is 7.02. The first-order valence-electron chi connectivity index (χ1n) is 4.77. The van der Waals surface area contributed by atoms with Crippen LogP contribution >= 0.6 is 0 Å². The molecule has 0 saturated carbocycles. The van der Waals surface area contributed by atoms with Crippen LogP contribution in [0.5, 0.6) is 5.75 Å². The molecule has 1 saturated heterocycles. The molecule has 1 heterocycles. The predicted molar refractivity (Wildman–Crippen MR) is 56.0 cm³/mol. The van der Waals surface area contributed by atoms with Gasteiger partial charge in [-0.1, -0.05) is 12.1 Å². The zero-order chi connectivity index (χ0) is 11.1. The summed E-state index contributed by atoms with van der Waals surface area (Å²) in [6.07, 6.45) is -0.415. The van der Waals surface area contributed by atoms with Gasteiger partial charge in [-0.25, -0.2) is 4.79 Å². The highest BCUT2D eigenvalue weighted by atomic mass is 16.6. The molecular formula is C11H13NO3. The van der Waals surface area contributed by atoms with Gasteiger partial charge in [0.2, 0.25) is 0 Å². The maximum atomic E-state index is 11.5. The van der Waals surface area contributed by atoms with Crippen LogP contribution in [0, 0.1) is 0 Å². The summed E-state index contributed by atoms with van der Waals surface area (Å²) in [6.45, 7) is 4.12. The second-order valence-electron chi connectivity index (χ2n) is 4.19. The third-order valence-corrected chi connectivity index (χ3v) is 2.46. The molecule has 1 aromatic rings. The van der Waals surface area contributed by atoms with Gasteiger partial charge >= 0.3 is 6.09 Å². The fourth-order valence-corrected chi connectivity index (χ4v) is 1.69. The van der Waals surface area contributed by atoms with Crippen LogP contribution in [0.1, 0.15) is 13.8 Å². The Morgan fingerprint density at radius 1 is 1.40 bits per heavy atom. The molecular weight excluding hydrogens is 194 g/mol. The molecule has 1 fully saturated rings. The van der Waals surface area contributed by atoms with Crippen molar-refractivity contribution in [1.29, 1.82) is 0 Å². The number of carbonyl (C=O) groups is 1. The highest BCUT2D eigenvalue weighted by Crippen LogP contribution is 2.35. The van der Waals surface area contributed by atoms with E-state index < -0.39 is 11.6 Å². The molecule has 0 radical (unpaired) electrons. The third-order valence-electron chi connectivity index (χ3n) is 2.46. The van der Waals surface area contributed by atoms with Gasteiger partial charge < -0.3 is 9.84 Å². The normalized spacial score (nSPS) is 19.1. The van der Waals surface area contributed by atoms with Gasteiger partial charge in [0.1, 0.15) is 12.4 Å². The number of hydrogen-bond donors (Lipinski definition) is 1. The fraction of sp³-hybridized carbons (Fsp3) is 0.364. The van der Waals surface area contributed by atoms with Crippen molar-refractivity contribution in [2.24, 2.45) is 0 Å². The van der Waals surface area contributed by atoms with Gasteiger partial charge in [0.15, 0.2) is 0 Å². The van der Waals surface area contributed by atoms with Crippen molar-refractivity contribution in [3.05, 3.63) is 24.3 Å². The summed E-state index contributed by atoms with van der Waals surface area (Å²) in [5, 5.41) is 9.67. The van der Waals surface area contributed by atoms with Crippen LogP contribution in [0.4, 0.5) is 10.5 Å². The van der Waals surface area contributed by atoms with Crippen molar-refractivity contribution in [2.45, 2.75) is 19.4 Å². The lowest BCUT2D eigenvalue weighted by Gasteiger charge is -2.28. The first-order valence-corrected chi connectivity index (χ1v) is 4.77. The van der Waals surface area contributed by atoms with E-state index in [1.54, 1.807) is 24.3 Å². The van der Waals surface area contributed by atoms with Crippen LogP contribution in [-0.2, 0) is 4.74 Å². The van der Waals surface area contributed by atoms with Crippen LogP contribution in [0.25, 0.3) is 0 Å². The van der Waals surface area contributed by atoms with E-state index in [-0.39, 0.29) is 5.75 Å². The minimum Gasteiger partial charge on any atom is -0.506 e. The molecule has 1 amide bonds. The Morgan fingerprint density at radius 2 is 2.07 bits per heavy atom. The first kappa shape index (κ1) is 9.83. The van der Waals surface area contributed by atoms with Crippen LogP contribution in [0.3, 0.4) is 0 Å². The Balaban J connectivity index is 2.46. The average Bonchev–Trinajstić information content (AvgIpc) is 2.43. The van der Waals surface area contributed by atoms with Gasteiger partial charge in [-0.05, 0) is 26.0 Å². The number of phenolic OH excluding ortho intramolecular Hbond substituents is 1. The Kier molecular flexibility index (Phi) is 2.07. The fourth-order valence-electron chi connectivity index (χ4n) is 1.69. The largest absolute Gasteiger partial charge is 0.506 e. The number of benzene rings is 1. The highest BCUT2D eigenvalue weighted by molar-refractivity contribution is 5.93. The molecule has 0 aromatic heterocycles. The third kappa shape index (κ3) is 1.52. The van der Waals surface area contributed by atoms with Crippen molar-refractivity contribution in [3.8, 4) is 5.75 Å². The zero-order valence-corrected chi connectivity index (χ0v) is 8.73. The Hall–Kier alpha value is -1.71. The van der Waals surface area contributed by atoms with Gasteiger partial charge in [-0.2, -0.15) is 0 Å². The molecule has 4 nitrogen and oxygen atoms in total. The van der Waals surface area contributed by atoms with Crippen LogP contribution in [-0.4, -0.2) is 23.3 Å². The number of phenols is 1.